The second-order valence-electron chi connectivity index (χ2n) is 10.4. The lowest BCUT2D eigenvalue weighted by Crippen LogP contribution is -2.59. The van der Waals surface area contributed by atoms with Gasteiger partial charge in [-0.1, -0.05) is 48.0 Å². The molecule has 36 heavy (non-hydrogen) atoms. The summed E-state index contributed by atoms with van der Waals surface area (Å²) in [5.41, 5.74) is 0. The molecule has 0 aromatic rings. The Morgan fingerprint density at radius 1 is 1.06 bits per heavy atom. The van der Waals surface area contributed by atoms with Crippen LogP contribution in [0.15, 0.2) is 0 Å². The lowest BCUT2D eigenvalue weighted by Gasteiger charge is -2.37. The Morgan fingerprint density at radius 3 is 2.22 bits per heavy atom. The van der Waals surface area contributed by atoms with E-state index in [0.29, 0.717) is 44.8 Å². The number of nitrogens with one attached hydrogen (secondary N) is 2. The molecule has 1 aliphatic rings. The number of amides is 2. The number of esters is 1. The molecule has 0 aromatic heterocycles. The Morgan fingerprint density at radius 2 is 1.72 bits per heavy atom. The van der Waals surface area contributed by atoms with Crippen molar-refractivity contribution in [2.75, 3.05) is 33.2 Å². The van der Waals surface area contributed by atoms with Crippen LogP contribution < -0.4 is 10.6 Å². The highest BCUT2D eigenvalue weighted by atomic mass is 16.5. The van der Waals surface area contributed by atoms with Crippen molar-refractivity contribution < 1.29 is 29.0 Å². The average molecular weight is 513 g/mol. The molecule has 0 spiro atoms. The number of likely N-dealkylation sites (N-methyl/N-ethyl adjacent to an activating group) is 1. The van der Waals surface area contributed by atoms with E-state index < -0.39 is 30.1 Å². The van der Waals surface area contributed by atoms with Crippen LogP contribution in [0.4, 0.5) is 0 Å². The van der Waals surface area contributed by atoms with E-state index in [9.17, 15) is 19.2 Å². The summed E-state index contributed by atoms with van der Waals surface area (Å²) >= 11 is 0. The molecule has 0 aliphatic carbocycles. The summed E-state index contributed by atoms with van der Waals surface area (Å²) in [7, 11) is 1.89. The molecule has 1 rings (SSSR count). The summed E-state index contributed by atoms with van der Waals surface area (Å²) in [6.45, 7) is 13.7. The Bertz CT molecular complexity index is 731. The van der Waals surface area contributed by atoms with Crippen LogP contribution in [0.25, 0.3) is 0 Å². The number of carbonyl (C=O) groups excluding carboxylic acids is 3. The molecule has 0 bridgehead atoms. The van der Waals surface area contributed by atoms with Gasteiger partial charge in [0.05, 0.1) is 13.0 Å². The van der Waals surface area contributed by atoms with E-state index in [4.69, 9.17) is 9.84 Å². The number of rotatable bonds is 16. The number of hydrogen-bond donors (Lipinski definition) is 3. The van der Waals surface area contributed by atoms with E-state index in [-0.39, 0.29) is 30.2 Å². The molecule has 0 radical (unpaired) electrons. The largest absolute Gasteiger partial charge is 0.481 e. The van der Waals surface area contributed by atoms with E-state index in [2.05, 4.69) is 24.5 Å². The van der Waals surface area contributed by atoms with Crippen LogP contribution >= 0.6 is 0 Å². The number of carboxylic acids is 1. The van der Waals surface area contributed by atoms with Crippen molar-refractivity contribution in [2.45, 2.75) is 97.9 Å². The van der Waals surface area contributed by atoms with E-state index >= 15 is 0 Å². The molecule has 0 saturated carbocycles. The normalized spacial score (nSPS) is 18.9. The van der Waals surface area contributed by atoms with Gasteiger partial charge in [-0.2, -0.15) is 0 Å². The van der Waals surface area contributed by atoms with E-state index in [1.165, 1.54) is 0 Å². The topological polar surface area (TPSA) is 128 Å². The molecular weight excluding hydrogens is 464 g/mol. The maximum absolute atomic E-state index is 13.3. The first kappa shape index (κ1) is 31.8. The monoisotopic (exact) mass is 512 g/mol. The van der Waals surface area contributed by atoms with Gasteiger partial charge in [0, 0.05) is 25.7 Å². The third-order valence-corrected chi connectivity index (χ3v) is 6.81. The second kappa shape index (κ2) is 15.8. The van der Waals surface area contributed by atoms with Crippen LogP contribution in [0.1, 0.15) is 73.6 Å². The zero-order valence-electron chi connectivity index (χ0n) is 23.2. The predicted molar refractivity (Wildman–Crippen MR) is 138 cm³/mol. The fourth-order valence-corrected chi connectivity index (χ4v) is 4.46. The summed E-state index contributed by atoms with van der Waals surface area (Å²) in [5.74, 6) is -1.44. The molecule has 1 aliphatic heterocycles. The number of piperazine rings is 1. The van der Waals surface area contributed by atoms with Crippen molar-refractivity contribution in [2.24, 2.45) is 11.8 Å². The van der Waals surface area contributed by atoms with Crippen molar-refractivity contribution in [1.29, 1.82) is 0 Å². The van der Waals surface area contributed by atoms with Gasteiger partial charge >= 0.3 is 11.9 Å². The first-order valence-electron chi connectivity index (χ1n) is 13.4. The molecule has 1 fully saturated rings. The van der Waals surface area contributed by atoms with Crippen molar-refractivity contribution >= 4 is 23.8 Å². The molecule has 10 nitrogen and oxygen atoms in total. The zero-order valence-corrected chi connectivity index (χ0v) is 23.2. The molecule has 1 saturated heterocycles. The molecular formula is C26H48N4O6. The molecule has 3 N–H and O–H groups in total. The van der Waals surface area contributed by atoms with Gasteiger partial charge in [0.1, 0.15) is 18.2 Å². The minimum Gasteiger partial charge on any atom is -0.481 e. The number of carbonyl (C=O) groups is 4. The fourth-order valence-electron chi connectivity index (χ4n) is 4.46. The van der Waals surface area contributed by atoms with Crippen LogP contribution in [-0.4, -0.2) is 96.1 Å². The quantitative estimate of drug-likeness (QED) is 0.267. The molecule has 208 valence electrons. The van der Waals surface area contributed by atoms with E-state index in [1.54, 1.807) is 11.8 Å². The van der Waals surface area contributed by atoms with Gasteiger partial charge in [0.25, 0.3) is 0 Å². The van der Waals surface area contributed by atoms with Gasteiger partial charge in [-0.05, 0) is 38.1 Å². The Kier molecular flexibility index (Phi) is 14.0. The standard InChI is InChI=1S/C26H48N4O6/c1-8-18(6)24(26(35)36-20(9-2)14-23(32)33)27-15-19(13-17(4)5)28-25(34)21(10-3)30-12-11-29(7)16-22(30)31/h17-21,24,27H,8-16H2,1-7H3,(H,28,34)(H,32,33)/t18?,19-,20?,21+,24+/m1/s1. The molecule has 1 heterocycles. The van der Waals surface area contributed by atoms with Crippen LogP contribution in [0.2, 0.25) is 0 Å². The first-order valence-corrected chi connectivity index (χ1v) is 13.4. The Balaban J connectivity index is 2.91. The third kappa shape index (κ3) is 10.4. The van der Waals surface area contributed by atoms with Crippen LogP contribution in [0.3, 0.4) is 0 Å². The van der Waals surface area contributed by atoms with Gasteiger partial charge in [-0.25, -0.2) is 0 Å². The first-order chi connectivity index (χ1) is 16.9. The molecule has 5 atom stereocenters. The van der Waals surface area contributed by atoms with Gasteiger partial charge < -0.3 is 25.4 Å². The van der Waals surface area contributed by atoms with Gasteiger partial charge in [0.15, 0.2) is 0 Å². The Labute approximate surface area is 216 Å². The van der Waals surface area contributed by atoms with Crippen molar-refractivity contribution in [3.05, 3.63) is 0 Å². The van der Waals surface area contributed by atoms with Crippen LogP contribution in [0, 0.1) is 11.8 Å². The second-order valence-corrected chi connectivity index (χ2v) is 10.4. The van der Waals surface area contributed by atoms with Gasteiger partial charge in [0.2, 0.25) is 11.8 Å². The van der Waals surface area contributed by atoms with Crippen molar-refractivity contribution in [1.82, 2.24) is 20.4 Å². The van der Waals surface area contributed by atoms with Crippen LogP contribution in [0.5, 0.6) is 0 Å². The lowest BCUT2D eigenvalue weighted by atomic mass is 9.97. The van der Waals surface area contributed by atoms with Crippen molar-refractivity contribution in [3.8, 4) is 0 Å². The highest BCUT2D eigenvalue weighted by molar-refractivity contribution is 5.89. The predicted octanol–water partition coefficient (Wildman–Crippen LogP) is 1.87. The van der Waals surface area contributed by atoms with Crippen molar-refractivity contribution in [3.63, 3.8) is 0 Å². The average Bonchev–Trinajstić information content (AvgIpc) is 2.79. The maximum Gasteiger partial charge on any atom is 0.323 e. The zero-order chi connectivity index (χ0) is 27.4. The smallest absolute Gasteiger partial charge is 0.323 e. The summed E-state index contributed by atoms with van der Waals surface area (Å²) in [6.07, 6.45) is 1.46. The van der Waals surface area contributed by atoms with E-state index in [1.807, 2.05) is 32.7 Å². The SMILES string of the molecule is CCC(CC(=O)O)OC(=O)[C@@H](NC[C@@H](CC(C)C)NC(=O)[C@H](CC)N1CCN(C)CC1=O)C(C)CC. The summed E-state index contributed by atoms with van der Waals surface area (Å²) in [5, 5.41) is 15.5. The number of hydrogen-bond acceptors (Lipinski definition) is 7. The number of nitrogens with zero attached hydrogens (tertiary/aromatic N) is 2. The number of carboxylic acid groups (broad SMARTS) is 1. The minimum absolute atomic E-state index is 0.0402. The number of aliphatic carboxylic acids is 1. The summed E-state index contributed by atoms with van der Waals surface area (Å²) in [4.78, 5) is 53.5. The molecule has 10 heteroatoms. The third-order valence-electron chi connectivity index (χ3n) is 6.81. The minimum atomic E-state index is -1.01. The van der Waals surface area contributed by atoms with E-state index in [0.717, 1.165) is 13.0 Å². The number of ether oxygens (including phenoxy) is 1. The molecule has 0 aromatic carbocycles. The fraction of sp³-hybridized carbons (Fsp3) is 0.846. The summed E-state index contributed by atoms with van der Waals surface area (Å²) in [6, 6.07) is -1.39. The summed E-state index contributed by atoms with van der Waals surface area (Å²) < 4.78 is 5.53. The maximum atomic E-state index is 13.3. The highest BCUT2D eigenvalue weighted by Gasteiger charge is 2.33. The lowest BCUT2D eigenvalue weighted by molar-refractivity contribution is -0.156. The van der Waals surface area contributed by atoms with Crippen LogP contribution in [-0.2, 0) is 23.9 Å². The highest BCUT2D eigenvalue weighted by Crippen LogP contribution is 2.15. The molecule has 2 unspecified atom stereocenters. The van der Waals surface area contributed by atoms with Gasteiger partial charge in [-0.3, -0.25) is 24.1 Å². The molecule has 2 amide bonds. The van der Waals surface area contributed by atoms with Gasteiger partial charge in [-0.15, -0.1) is 0 Å². The Hall–Kier alpha value is -2.20.